The van der Waals surface area contributed by atoms with Gasteiger partial charge in [-0.1, -0.05) is 0 Å². The van der Waals surface area contributed by atoms with E-state index in [9.17, 15) is 18.0 Å². The van der Waals surface area contributed by atoms with Crippen LogP contribution >= 0.6 is 0 Å². The molecule has 0 atom stereocenters. The van der Waals surface area contributed by atoms with Gasteiger partial charge in [-0.05, 0) is 26.0 Å². The Kier molecular flexibility index (Phi) is 4.88. The van der Waals surface area contributed by atoms with Crippen LogP contribution in [0.15, 0.2) is 12.1 Å². The third-order valence-corrected chi connectivity index (χ3v) is 2.48. The van der Waals surface area contributed by atoms with Crippen LogP contribution in [0.5, 0.6) is 0 Å². The number of halogens is 3. The molecule has 0 spiro atoms. The summed E-state index contributed by atoms with van der Waals surface area (Å²) in [6, 6.07) is 3.01. The number of rotatable bonds is 4. The number of carbonyl (C=O) groups excluding carboxylic acids is 1. The van der Waals surface area contributed by atoms with E-state index in [0.717, 1.165) is 0 Å². The van der Waals surface area contributed by atoms with Gasteiger partial charge < -0.3 is 10.0 Å². The van der Waals surface area contributed by atoms with Gasteiger partial charge in [-0.25, -0.2) is 0 Å². The summed E-state index contributed by atoms with van der Waals surface area (Å²) in [6.07, 6.45) is -4.50. The number of nitrogens with zero attached hydrogens (tertiary/aromatic N) is 2. The fourth-order valence-electron chi connectivity index (χ4n) is 1.67. The van der Waals surface area contributed by atoms with Gasteiger partial charge in [0, 0.05) is 12.2 Å². The quantitative estimate of drug-likeness (QED) is 0.910. The summed E-state index contributed by atoms with van der Waals surface area (Å²) in [5.41, 5.74) is 1.16. The summed E-state index contributed by atoms with van der Waals surface area (Å²) in [7, 11) is 0. The SMILES string of the molecule is Cc1ccc(C(=O)N(CCO)CC(F)(F)F)c(C)n1. The predicted octanol–water partition coefficient (Wildman–Crippen LogP) is 1.70. The molecule has 0 saturated heterocycles. The second-order valence-electron chi connectivity index (χ2n) is 4.15. The lowest BCUT2D eigenvalue weighted by atomic mass is 10.1. The highest BCUT2D eigenvalue weighted by Gasteiger charge is 2.33. The molecule has 4 nitrogen and oxygen atoms in total. The van der Waals surface area contributed by atoms with Gasteiger partial charge in [-0.15, -0.1) is 0 Å². The molecule has 0 aliphatic rings. The normalized spacial score (nSPS) is 11.5. The summed E-state index contributed by atoms with van der Waals surface area (Å²) in [5, 5.41) is 8.77. The van der Waals surface area contributed by atoms with E-state index in [1.807, 2.05) is 0 Å². The van der Waals surface area contributed by atoms with E-state index in [4.69, 9.17) is 5.11 Å². The second kappa shape index (κ2) is 6.01. The molecule has 0 radical (unpaired) electrons. The number of hydrogen-bond acceptors (Lipinski definition) is 3. The van der Waals surface area contributed by atoms with E-state index in [-0.39, 0.29) is 12.1 Å². The zero-order valence-corrected chi connectivity index (χ0v) is 10.7. The number of carbonyl (C=O) groups is 1. The lowest BCUT2D eigenvalue weighted by Crippen LogP contribution is -2.41. The van der Waals surface area contributed by atoms with Crippen LogP contribution in [0.4, 0.5) is 13.2 Å². The van der Waals surface area contributed by atoms with Crippen LogP contribution in [0.3, 0.4) is 0 Å². The molecule has 0 aliphatic carbocycles. The first-order chi connectivity index (χ1) is 8.74. The third kappa shape index (κ3) is 4.51. The van der Waals surface area contributed by atoms with E-state index in [2.05, 4.69) is 4.98 Å². The molecule has 0 unspecified atom stereocenters. The van der Waals surface area contributed by atoms with Gasteiger partial charge in [0.05, 0.1) is 17.9 Å². The Morgan fingerprint density at radius 2 is 2.00 bits per heavy atom. The number of amides is 1. The molecule has 0 saturated carbocycles. The highest BCUT2D eigenvalue weighted by atomic mass is 19.4. The molecular weight excluding hydrogens is 261 g/mol. The van der Waals surface area contributed by atoms with Crippen LogP contribution in [0.2, 0.25) is 0 Å². The fourth-order valence-corrected chi connectivity index (χ4v) is 1.67. The smallest absolute Gasteiger partial charge is 0.395 e. The zero-order valence-electron chi connectivity index (χ0n) is 10.7. The summed E-state index contributed by atoms with van der Waals surface area (Å²) >= 11 is 0. The highest BCUT2D eigenvalue weighted by molar-refractivity contribution is 5.95. The minimum Gasteiger partial charge on any atom is -0.395 e. The molecule has 19 heavy (non-hydrogen) atoms. The van der Waals surface area contributed by atoms with Crippen molar-refractivity contribution >= 4 is 5.91 Å². The van der Waals surface area contributed by atoms with Crippen LogP contribution in [-0.4, -0.2) is 46.8 Å². The van der Waals surface area contributed by atoms with Crippen LogP contribution < -0.4 is 0 Å². The fraction of sp³-hybridized carbons (Fsp3) is 0.500. The van der Waals surface area contributed by atoms with Crippen LogP contribution in [-0.2, 0) is 0 Å². The molecule has 7 heteroatoms. The second-order valence-corrected chi connectivity index (χ2v) is 4.15. The maximum Gasteiger partial charge on any atom is 0.406 e. The number of aliphatic hydroxyl groups excluding tert-OH is 1. The van der Waals surface area contributed by atoms with Gasteiger partial charge >= 0.3 is 6.18 Å². The van der Waals surface area contributed by atoms with Crippen LogP contribution in [0.1, 0.15) is 21.7 Å². The van der Waals surface area contributed by atoms with Gasteiger partial charge in [-0.2, -0.15) is 13.2 Å². The maximum absolute atomic E-state index is 12.4. The van der Waals surface area contributed by atoms with Crippen molar-refractivity contribution < 1.29 is 23.1 Å². The average molecular weight is 276 g/mol. The Bertz CT molecular complexity index is 461. The lowest BCUT2D eigenvalue weighted by molar-refractivity contribution is -0.141. The lowest BCUT2D eigenvalue weighted by Gasteiger charge is -2.23. The molecule has 1 amide bonds. The summed E-state index contributed by atoms with van der Waals surface area (Å²) < 4.78 is 37.1. The van der Waals surface area contributed by atoms with Crippen molar-refractivity contribution in [3.63, 3.8) is 0 Å². The number of alkyl halides is 3. The Morgan fingerprint density at radius 3 is 2.47 bits per heavy atom. The molecule has 1 N–H and O–H groups in total. The molecule has 1 rings (SSSR count). The average Bonchev–Trinajstić information content (AvgIpc) is 2.26. The minimum atomic E-state index is -4.50. The molecule has 1 heterocycles. The molecule has 0 bridgehead atoms. The van der Waals surface area contributed by atoms with Crippen molar-refractivity contribution in [2.75, 3.05) is 19.7 Å². The van der Waals surface area contributed by atoms with Crippen LogP contribution in [0, 0.1) is 13.8 Å². The highest BCUT2D eigenvalue weighted by Crippen LogP contribution is 2.18. The molecule has 1 aromatic heterocycles. The number of pyridine rings is 1. The first-order valence-corrected chi connectivity index (χ1v) is 5.65. The summed E-state index contributed by atoms with van der Waals surface area (Å²) in [4.78, 5) is 16.6. The van der Waals surface area contributed by atoms with Gasteiger partial charge in [0.2, 0.25) is 0 Å². The minimum absolute atomic E-state index is 0.114. The van der Waals surface area contributed by atoms with Gasteiger partial charge in [0.25, 0.3) is 5.91 Å². The monoisotopic (exact) mass is 276 g/mol. The summed E-state index contributed by atoms with van der Waals surface area (Å²) in [5.74, 6) is -0.781. The Hall–Kier alpha value is -1.63. The first kappa shape index (κ1) is 15.4. The van der Waals surface area contributed by atoms with Crippen molar-refractivity contribution in [2.24, 2.45) is 0 Å². The van der Waals surface area contributed by atoms with Gasteiger partial charge in [-0.3, -0.25) is 9.78 Å². The van der Waals surface area contributed by atoms with E-state index < -0.39 is 25.2 Å². The van der Waals surface area contributed by atoms with Gasteiger partial charge in [0.15, 0.2) is 0 Å². The maximum atomic E-state index is 12.4. The Labute approximate surface area is 108 Å². The van der Waals surface area contributed by atoms with Crippen molar-refractivity contribution in [1.82, 2.24) is 9.88 Å². The molecule has 0 aliphatic heterocycles. The van der Waals surface area contributed by atoms with Crippen LogP contribution in [0.25, 0.3) is 0 Å². The summed E-state index contributed by atoms with van der Waals surface area (Å²) in [6.45, 7) is 0.999. The number of aliphatic hydroxyl groups is 1. The van der Waals surface area contributed by atoms with E-state index >= 15 is 0 Å². The Balaban J connectivity index is 2.99. The van der Waals surface area contributed by atoms with Crippen molar-refractivity contribution in [3.8, 4) is 0 Å². The standard InChI is InChI=1S/C12H15F3N2O2/c1-8-3-4-10(9(2)16-8)11(19)17(5-6-18)7-12(13,14)15/h3-4,18H,5-7H2,1-2H3. The van der Waals surface area contributed by atoms with E-state index in [0.29, 0.717) is 16.3 Å². The predicted molar refractivity (Wildman–Crippen MR) is 62.8 cm³/mol. The third-order valence-electron chi connectivity index (χ3n) is 2.48. The van der Waals surface area contributed by atoms with Gasteiger partial charge in [0.1, 0.15) is 6.54 Å². The molecular formula is C12H15F3N2O2. The number of hydrogen-bond donors (Lipinski definition) is 1. The Morgan fingerprint density at radius 1 is 1.37 bits per heavy atom. The topological polar surface area (TPSA) is 53.4 Å². The molecule has 0 aromatic carbocycles. The van der Waals surface area contributed by atoms with Crippen molar-refractivity contribution in [1.29, 1.82) is 0 Å². The first-order valence-electron chi connectivity index (χ1n) is 5.65. The number of aromatic nitrogens is 1. The zero-order chi connectivity index (χ0) is 14.6. The molecule has 0 fully saturated rings. The largest absolute Gasteiger partial charge is 0.406 e. The van der Waals surface area contributed by atoms with Crippen molar-refractivity contribution in [2.45, 2.75) is 20.0 Å². The molecule has 1 aromatic rings. The van der Waals surface area contributed by atoms with E-state index in [1.165, 1.54) is 6.07 Å². The molecule has 106 valence electrons. The number of aryl methyl sites for hydroxylation is 2. The van der Waals surface area contributed by atoms with E-state index in [1.54, 1.807) is 19.9 Å². The van der Waals surface area contributed by atoms with Crippen molar-refractivity contribution in [3.05, 3.63) is 29.1 Å².